The summed E-state index contributed by atoms with van der Waals surface area (Å²) in [6.45, 7) is 1.41. The van der Waals surface area contributed by atoms with Crippen LogP contribution in [0.25, 0.3) is 0 Å². The first kappa shape index (κ1) is 16.3. The van der Waals surface area contributed by atoms with Gasteiger partial charge in [-0.1, -0.05) is 30.3 Å². The molecular weight excluding hydrogens is 284 g/mol. The van der Waals surface area contributed by atoms with Gasteiger partial charge in [-0.3, -0.25) is 9.69 Å². The monoisotopic (exact) mass is 306 g/mol. The molecule has 120 valence electrons. The molecule has 1 aliphatic rings. The fraction of sp³-hybridized carbons (Fsp3) is 0.500. The van der Waals surface area contributed by atoms with Crippen molar-refractivity contribution < 1.29 is 19.4 Å². The van der Waals surface area contributed by atoms with Gasteiger partial charge in [-0.2, -0.15) is 0 Å². The summed E-state index contributed by atoms with van der Waals surface area (Å²) < 4.78 is 5.33. The third-order valence-corrected chi connectivity index (χ3v) is 3.87. The van der Waals surface area contributed by atoms with E-state index >= 15 is 0 Å². The highest BCUT2D eigenvalue weighted by Crippen LogP contribution is 2.16. The molecule has 6 heteroatoms. The maximum atomic E-state index is 12.1. The highest BCUT2D eigenvalue weighted by molar-refractivity contribution is 5.69. The van der Waals surface area contributed by atoms with E-state index in [2.05, 4.69) is 0 Å². The van der Waals surface area contributed by atoms with E-state index in [0.717, 1.165) is 18.4 Å². The highest BCUT2D eigenvalue weighted by atomic mass is 16.6. The molecule has 2 rings (SSSR count). The minimum absolute atomic E-state index is 0.0163. The summed E-state index contributed by atoms with van der Waals surface area (Å²) in [7, 11) is 1.78. The molecule has 6 nitrogen and oxygen atoms in total. The Morgan fingerprint density at radius 2 is 2.09 bits per heavy atom. The van der Waals surface area contributed by atoms with Crippen LogP contribution in [-0.4, -0.2) is 59.7 Å². The van der Waals surface area contributed by atoms with Gasteiger partial charge in [0.25, 0.3) is 0 Å². The van der Waals surface area contributed by atoms with Gasteiger partial charge in [0.2, 0.25) is 0 Å². The fourth-order valence-corrected chi connectivity index (χ4v) is 2.63. The molecule has 1 atom stereocenters. The van der Waals surface area contributed by atoms with E-state index in [0.29, 0.717) is 13.1 Å². The van der Waals surface area contributed by atoms with Crippen LogP contribution in [0.2, 0.25) is 0 Å². The number of carboxylic acids is 1. The Balaban J connectivity index is 1.83. The van der Waals surface area contributed by atoms with Gasteiger partial charge in [0.1, 0.15) is 6.61 Å². The predicted molar refractivity (Wildman–Crippen MR) is 81.5 cm³/mol. The molecule has 1 heterocycles. The average molecular weight is 306 g/mol. The van der Waals surface area contributed by atoms with E-state index in [1.165, 1.54) is 0 Å². The van der Waals surface area contributed by atoms with Gasteiger partial charge < -0.3 is 14.7 Å². The van der Waals surface area contributed by atoms with Crippen molar-refractivity contribution in [2.75, 3.05) is 26.7 Å². The SMILES string of the molecule is CN(CC(=O)O)[C@H]1CCCN(C(=O)OCc2ccccc2)C1. The molecule has 1 aromatic rings. The summed E-state index contributed by atoms with van der Waals surface area (Å²) in [4.78, 5) is 26.3. The lowest BCUT2D eigenvalue weighted by Gasteiger charge is -2.36. The number of carbonyl (C=O) groups excluding carboxylic acids is 1. The summed E-state index contributed by atoms with van der Waals surface area (Å²) in [6, 6.07) is 9.61. The second kappa shape index (κ2) is 7.79. The number of nitrogens with zero attached hydrogens (tertiary/aromatic N) is 2. The van der Waals surface area contributed by atoms with E-state index in [1.54, 1.807) is 16.8 Å². The van der Waals surface area contributed by atoms with Crippen molar-refractivity contribution in [3.05, 3.63) is 35.9 Å². The number of ether oxygens (including phenoxy) is 1. The number of hydrogen-bond donors (Lipinski definition) is 1. The highest BCUT2D eigenvalue weighted by Gasteiger charge is 2.27. The number of likely N-dealkylation sites (tertiary alicyclic amines) is 1. The van der Waals surface area contributed by atoms with E-state index < -0.39 is 5.97 Å². The van der Waals surface area contributed by atoms with E-state index in [1.807, 2.05) is 30.3 Å². The Hall–Kier alpha value is -2.08. The molecule has 1 aromatic carbocycles. The molecule has 22 heavy (non-hydrogen) atoms. The summed E-state index contributed by atoms with van der Waals surface area (Å²) in [5, 5.41) is 8.85. The second-order valence-electron chi connectivity index (χ2n) is 5.59. The summed E-state index contributed by atoms with van der Waals surface area (Å²) in [5.41, 5.74) is 0.951. The molecule has 1 aliphatic heterocycles. The van der Waals surface area contributed by atoms with Gasteiger partial charge in [-0.15, -0.1) is 0 Å². The quantitative estimate of drug-likeness (QED) is 0.898. The van der Waals surface area contributed by atoms with Crippen LogP contribution in [0, 0.1) is 0 Å². The van der Waals surface area contributed by atoms with Crippen molar-refractivity contribution in [2.24, 2.45) is 0 Å². The number of rotatable bonds is 5. The zero-order valence-corrected chi connectivity index (χ0v) is 12.8. The van der Waals surface area contributed by atoms with Crippen molar-refractivity contribution in [3.8, 4) is 0 Å². The lowest BCUT2D eigenvalue weighted by Crippen LogP contribution is -2.49. The number of carbonyl (C=O) groups is 2. The molecule has 1 amide bonds. The van der Waals surface area contributed by atoms with Crippen molar-refractivity contribution >= 4 is 12.1 Å². The van der Waals surface area contributed by atoms with Crippen LogP contribution in [0.1, 0.15) is 18.4 Å². The number of amides is 1. The minimum Gasteiger partial charge on any atom is -0.480 e. The van der Waals surface area contributed by atoms with E-state index in [4.69, 9.17) is 9.84 Å². The largest absolute Gasteiger partial charge is 0.480 e. The van der Waals surface area contributed by atoms with Gasteiger partial charge in [0, 0.05) is 19.1 Å². The smallest absolute Gasteiger partial charge is 0.410 e. The lowest BCUT2D eigenvalue weighted by molar-refractivity contribution is -0.138. The molecular formula is C16H22N2O4. The third-order valence-electron chi connectivity index (χ3n) is 3.87. The first-order valence-electron chi connectivity index (χ1n) is 7.44. The number of likely N-dealkylation sites (N-methyl/N-ethyl adjacent to an activating group) is 1. The molecule has 0 spiro atoms. The Labute approximate surface area is 130 Å². The average Bonchev–Trinajstić information content (AvgIpc) is 2.53. The number of carboxylic acid groups (broad SMARTS) is 1. The van der Waals surface area contributed by atoms with Crippen molar-refractivity contribution in [1.29, 1.82) is 0 Å². The van der Waals surface area contributed by atoms with Crippen LogP contribution in [0.5, 0.6) is 0 Å². The van der Waals surface area contributed by atoms with Crippen LogP contribution < -0.4 is 0 Å². The molecule has 0 bridgehead atoms. The van der Waals surface area contributed by atoms with E-state index in [9.17, 15) is 9.59 Å². The number of piperidine rings is 1. The number of benzene rings is 1. The zero-order chi connectivity index (χ0) is 15.9. The van der Waals surface area contributed by atoms with Crippen LogP contribution in [0.15, 0.2) is 30.3 Å². The molecule has 0 aliphatic carbocycles. The van der Waals surface area contributed by atoms with Gasteiger partial charge in [0.15, 0.2) is 0 Å². The van der Waals surface area contributed by atoms with Gasteiger partial charge in [-0.05, 0) is 25.5 Å². The van der Waals surface area contributed by atoms with Gasteiger partial charge >= 0.3 is 12.1 Å². The standard InChI is InChI=1S/C16H22N2O4/c1-17(11-15(19)20)14-8-5-9-18(10-14)16(21)22-12-13-6-3-2-4-7-13/h2-4,6-7,14H,5,8-12H2,1H3,(H,19,20)/t14-/m0/s1. The number of aliphatic carboxylic acids is 1. The summed E-state index contributed by atoms with van der Waals surface area (Å²) >= 11 is 0. The lowest BCUT2D eigenvalue weighted by atomic mass is 10.1. The maximum absolute atomic E-state index is 12.1. The normalized spacial score (nSPS) is 18.3. The second-order valence-corrected chi connectivity index (χ2v) is 5.59. The van der Waals surface area contributed by atoms with Crippen LogP contribution in [0.4, 0.5) is 4.79 Å². The maximum Gasteiger partial charge on any atom is 0.410 e. The van der Waals surface area contributed by atoms with E-state index in [-0.39, 0.29) is 25.3 Å². The molecule has 0 radical (unpaired) electrons. The van der Waals surface area contributed by atoms with Crippen molar-refractivity contribution in [1.82, 2.24) is 9.80 Å². The topological polar surface area (TPSA) is 70.1 Å². The predicted octanol–water partition coefficient (Wildman–Crippen LogP) is 1.80. The Morgan fingerprint density at radius 1 is 1.36 bits per heavy atom. The van der Waals surface area contributed by atoms with Crippen LogP contribution in [-0.2, 0) is 16.1 Å². The van der Waals surface area contributed by atoms with Gasteiger partial charge in [0.05, 0.1) is 6.54 Å². The molecule has 0 unspecified atom stereocenters. The third kappa shape index (κ3) is 4.73. The summed E-state index contributed by atoms with van der Waals surface area (Å²) in [6.07, 6.45) is 1.42. The van der Waals surface area contributed by atoms with Crippen LogP contribution >= 0.6 is 0 Å². The minimum atomic E-state index is -0.855. The van der Waals surface area contributed by atoms with Crippen LogP contribution in [0.3, 0.4) is 0 Å². The first-order valence-corrected chi connectivity index (χ1v) is 7.44. The molecule has 0 aromatic heterocycles. The fourth-order valence-electron chi connectivity index (χ4n) is 2.63. The zero-order valence-electron chi connectivity index (χ0n) is 12.8. The molecule has 1 N–H and O–H groups in total. The molecule has 1 saturated heterocycles. The van der Waals surface area contributed by atoms with Crippen molar-refractivity contribution in [3.63, 3.8) is 0 Å². The molecule has 1 fully saturated rings. The van der Waals surface area contributed by atoms with Crippen molar-refractivity contribution in [2.45, 2.75) is 25.5 Å². The Kier molecular flexibility index (Phi) is 5.77. The van der Waals surface area contributed by atoms with Gasteiger partial charge in [-0.25, -0.2) is 4.79 Å². The first-order chi connectivity index (χ1) is 10.6. The Morgan fingerprint density at radius 3 is 2.77 bits per heavy atom. The summed E-state index contributed by atoms with van der Waals surface area (Å²) in [5.74, 6) is -0.855. The Bertz CT molecular complexity index is 506. The molecule has 0 saturated carbocycles. The number of hydrogen-bond acceptors (Lipinski definition) is 4.